The molecule has 0 bridgehead atoms. The van der Waals surface area contributed by atoms with Gasteiger partial charge in [-0.1, -0.05) is 0 Å². The van der Waals surface area contributed by atoms with Crippen LogP contribution in [0.5, 0.6) is 5.75 Å². The van der Waals surface area contributed by atoms with Crippen LogP contribution in [0, 0.1) is 6.92 Å². The molecule has 0 unspecified atom stereocenters. The van der Waals surface area contributed by atoms with Gasteiger partial charge in [0, 0.05) is 31.8 Å². The van der Waals surface area contributed by atoms with Crippen LogP contribution in [0.1, 0.15) is 53.3 Å². The average Bonchev–Trinajstić information content (AvgIpc) is 2.66. The van der Waals surface area contributed by atoms with Crippen LogP contribution in [-0.2, 0) is 0 Å². The van der Waals surface area contributed by atoms with Crippen molar-refractivity contribution in [3.05, 3.63) is 41.2 Å². The number of hydrogen-bond donors (Lipinski definition) is 2. The Labute approximate surface area is 178 Å². The molecule has 0 spiro atoms. The summed E-state index contributed by atoms with van der Waals surface area (Å²) in [6.45, 7) is 1.83. The molecule has 0 radical (unpaired) electrons. The number of amides is 1. The van der Waals surface area contributed by atoms with Crippen molar-refractivity contribution in [3.8, 4) is 5.75 Å². The Morgan fingerprint density at radius 1 is 1.16 bits per heavy atom. The zero-order valence-electron chi connectivity index (χ0n) is 17.7. The van der Waals surface area contributed by atoms with Gasteiger partial charge < -0.3 is 20.7 Å². The molecule has 1 heterocycles. The van der Waals surface area contributed by atoms with Gasteiger partial charge in [-0.05, 0) is 62.3 Å². The van der Waals surface area contributed by atoms with E-state index in [0.29, 0.717) is 24.2 Å². The molecule has 1 aliphatic carbocycles. The Hall–Kier alpha value is -3.04. The highest BCUT2D eigenvalue weighted by Gasteiger charge is 2.32. The summed E-state index contributed by atoms with van der Waals surface area (Å²) in [5, 5.41) is 3.43. The van der Waals surface area contributed by atoms with Crippen molar-refractivity contribution >= 4 is 17.5 Å². The second kappa shape index (κ2) is 8.99. The molecule has 0 saturated heterocycles. The third-order valence-corrected chi connectivity index (χ3v) is 5.32. The molecule has 1 aromatic heterocycles. The molecule has 7 nitrogen and oxygen atoms in total. The number of carbonyl (C=O) groups excluding carboxylic acids is 1. The molecule has 1 aliphatic rings. The Morgan fingerprint density at radius 2 is 1.84 bits per heavy atom. The topological polar surface area (TPSA) is 93.4 Å². The number of carbonyl (C=O) groups is 1. The van der Waals surface area contributed by atoms with Gasteiger partial charge in [0.15, 0.2) is 0 Å². The Morgan fingerprint density at radius 3 is 2.42 bits per heavy atom. The van der Waals surface area contributed by atoms with E-state index in [-0.39, 0.29) is 23.3 Å². The number of aryl methyl sites for hydroxylation is 1. The van der Waals surface area contributed by atoms with E-state index in [9.17, 15) is 18.0 Å². The Balaban J connectivity index is 1.72. The number of anilines is 2. The number of primary amides is 1. The monoisotopic (exact) mass is 437 g/mol. The van der Waals surface area contributed by atoms with Crippen molar-refractivity contribution in [3.63, 3.8) is 0 Å². The van der Waals surface area contributed by atoms with Crippen molar-refractivity contribution in [2.24, 2.45) is 5.73 Å². The molecule has 0 atom stereocenters. The summed E-state index contributed by atoms with van der Waals surface area (Å²) in [6, 6.07) is 5.73. The van der Waals surface area contributed by atoms with Gasteiger partial charge in [-0.2, -0.15) is 0 Å². The van der Waals surface area contributed by atoms with Crippen LogP contribution in [0.4, 0.5) is 24.8 Å². The summed E-state index contributed by atoms with van der Waals surface area (Å²) < 4.78 is 41.8. The number of nitrogens with two attached hydrogens (primary N) is 1. The van der Waals surface area contributed by atoms with E-state index in [1.807, 2.05) is 32.0 Å². The first-order valence-electron chi connectivity index (χ1n) is 10.0. The van der Waals surface area contributed by atoms with Crippen LogP contribution in [-0.4, -0.2) is 42.4 Å². The van der Waals surface area contributed by atoms with Crippen molar-refractivity contribution in [2.45, 2.75) is 50.9 Å². The minimum atomic E-state index is -4.80. The van der Waals surface area contributed by atoms with Gasteiger partial charge in [-0.25, -0.2) is 9.97 Å². The fourth-order valence-corrected chi connectivity index (χ4v) is 3.91. The number of halogens is 3. The minimum Gasteiger partial charge on any atom is -0.406 e. The van der Waals surface area contributed by atoms with E-state index >= 15 is 0 Å². The van der Waals surface area contributed by atoms with Gasteiger partial charge in [0.25, 0.3) is 0 Å². The lowest BCUT2D eigenvalue weighted by Gasteiger charge is -2.31. The lowest BCUT2D eigenvalue weighted by molar-refractivity contribution is -0.274. The van der Waals surface area contributed by atoms with Gasteiger partial charge in [-0.15, -0.1) is 13.2 Å². The SMILES string of the molecule is Cc1nc(NC2CCC(c3cc(OC(F)(F)F)ccc3C(N)=O)CC2)cc(N(C)C)n1. The fraction of sp³-hybridized carbons (Fsp3) is 0.476. The molecule has 2 aromatic rings. The molecular formula is C21H26F3N5O2. The minimum absolute atomic E-state index is 0.0817. The summed E-state index contributed by atoms with van der Waals surface area (Å²) in [6.07, 6.45) is -1.87. The van der Waals surface area contributed by atoms with E-state index < -0.39 is 12.3 Å². The van der Waals surface area contributed by atoms with Crippen molar-refractivity contribution in [1.82, 2.24) is 9.97 Å². The number of nitrogens with zero attached hydrogens (tertiary/aromatic N) is 3. The highest BCUT2D eigenvalue weighted by molar-refractivity contribution is 5.94. The largest absolute Gasteiger partial charge is 0.573 e. The molecule has 3 N–H and O–H groups in total. The normalized spacial score (nSPS) is 19.0. The quantitative estimate of drug-likeness (QED) is 0.710. The number of hydrogen-bond acceptors (Lipinski definition) is 6. The van der Waals surface area contributed by atoms with Crippen LogP contribution in [0.15, 0.2) is 24.3 Å². The molecule has 1 fully saturated rings. The number of ether oxygens (including phenoxy) is 1. The summed E-state index contributed by atoms with van der Waals surface area (Å²) in [5.41, 5.74) is 6.18. The van der Waals surface area contributed by atoms with Gasteiger partial charge in [0.1, 0.15) is 23.2 Å². The average molecular weight is 437 g/mol. The molecule has 168 valence electrons. The molecule has 1 amide bonds. The van der Waals surface area contributed by atoms with E-state index in [4.69, 9.17) is 5.73 Å². The molecule has 1 aromatic carbocycles. The van der Waals surface area contributed by atoms with Crippen LogP contribution < -0.4 is 20.7 Å². The third-order valence-electron chi connectivity index (χ3n) is 5.32. The molecule has 0 aliphatic heterocycles. The third kappa shape index (κ3) is 5.99. The molecule has 1 saturated carbocycles. The number of benzene rings is 1. The molecule has 10 heteroatoms. The van der Waals surface area contributed by atoms with Crippen LogP contribution in [0.3, 0.4) is 0 Å². The number of rotatable bonds is 6. The van der Waals surface area contributed by atoms with Crippen LogP contribution in [0.2, 0.25) is 0 Å². The molecular weight excluding hydrogens is 411 g/mol. The van der Waals surface area contributed by atoms with Crippen molar-refractivity contribution in [2.75, 3.05) is 24.3 Å². The maximum absolute atomic E-state index is 12.6. The summed E-state index contributed by atoms with van der Waals surface area (Å²) in [7, 11) is 3.81. The van der Waals surface area contributed by atoms with Gasteiger partial charge >= 0.3 is 6.36 Å². The zero-order valence-corrected chi connectivity index (χ0v) is 17.7. The smallest absolute Gasteiger partial charge is 0.406 e. The van der Waals surface area contributed by atoms with E-state index in [1.165, 1.54) is 12.1 Å². The summed E-state index contributed by atoms with van der Waals surface area (Å²) in [4.78, 5) is 22.5. The van der Waals surface area contributed by atoms with E-state index in [0.717, 1.165) is 30.5 Å². The van der Waals surface area contributed by atoms with Gasteiger partial charge in [0.2, 0.25) is 5.91 Å². The Bertz CT molecular complexity index is 941. The standard InChI is InChI=1S/C21H26F3N5O2/c1-12-26-18(11-19(27-12)29(2)3)28-14-6-4-13(5-7-14)17-10-15(31-21(22,23)24)8-9-16(17)20(25)30/h8-11,13-14H,4-7H2,1-3H3,(H2,25,30)(H,26,27,28). The first kappa shape index (κ1) is 22.6. The maximum Gasteiger partial charge on any atom is 0.573 e. The summed E-state index contributed by atoms with van der Waals surface area (Å²) >= 11 is 0. The highest BCUT2D eigenvalue weighted by atomic mass is 19.4. The maximum atomic E-state index is 12.6. The number of nitrogens with one attached hydrogen (secondary N) is 1. The lowest BCUT2D eigenvalue weighted by atomic mass is 9.80. The molecule has 3 rings (SSSR count). The van der Waals surface area contributed by atoms with Crippen LogP contribution in [0.25, 0.3) is 0 Å². The van der Waals surface area contributed by atoms with Gasteiger partial charge in [-0.3, -0.25) is 4.79 Å². The predicted molar refractivity (Wildman–Crippen MR) is 111 cm³/mol. The highest BCUT2D eigenvalue weighted by Crippen LogP contribution is 2.38. The van der Waals surface area contributed by atoms with Gasteiger partial charge in [0.05, 0.1) is 0 Å². The van der Waals surface area contributed by atoms with Crippen molar-refractivity contribution < 1.29 is 22.7 Å². The second-order valence-corrected chi connectivity index (χ2v) is 7.91. The second-order valence-electron chi connectivity index (χ2n) is 7.91. The lowest BCUT2D eigenvalue weighted by Crippen LogP contribution is -2.27. The molecule has 31 heavy (non-hydrogen) atoms. The van der Waals surface area contributed by atoms with E-state index in [1.54, 1.807) is 0 Å². The summed E-state index contributed by atoms with van der Waals surface area (Å²) in [5.74, 6) is 1.10. The number of alkyl halides is 3. The van der Waals surface area contributed by atoms with Crippen LogP contribution >= 0.6 is 0 Å². The van der Waals surface area contributed by atoms with E-state index in [2.05, 4.69) is 20.0 Å². The first-order valence-corrected chi connectivity index (χ1v) is 10.0. The fourth-order valence-electron chi connectivity index (χ4n) is 3.91. The predicted octanol–water partition coefficient (Wildman–Crippen LogP) is 3.99. The number of aromatic nitrogens is 2. The van der Waals surface area contributed by atoms with Crippen molar-refractivity contribution in [1.29, 1.82) is 0 Å². The first-order chi connectivity index (χ1) is 14.5. The Kier molecular flexibility index (Phi) is 6.56. The zero-order chi connectivity index (χ0) is 22.8.